The second-order valence-electron chi connectivity index (χ2n) is 6.35. The molecule has 1 aliphatic heterocycles. The molecule has 0 saturated heterocycles. The van der Waals surface area contributed by atoms with Crippen molar-refractivity contribution < 1.29 is 14.0 Å². The van der Waals surface area contributed by atoms with Gasteiger partial charge in [0.15, 0.2) is 11.5 Å². The number of hydrogen-bond acceptors (Lipinski definition) is 6. The molecule has 148 valence electrons. The van der Waals surface area contributed by atoms with Gasteiger partial charge in [-0.15, -0.1) is 12.4 Å². The summed E-state index contributed by atoms with van der Waals surface area (Å²) in [4.78, 5) is 4.55. The number of ether oxygens (including phenoxy) is 2. The molecule has 4 rings (SSSR count). The van der Waals surface area contributed by atoms with E-state index >= 15 is 0 Å². The zero-order chi connectivity index (χ0) is 18.8. The van der Waals surface area contributed by atoms with Crippen molar-refractivity contribution in [1.29, 1.82) is 0 Å². The van der Waals surface area contributed by atoms with E-state index in [1.54, 1.807) is 26.4 Å². The molecule has 0 unspecified atom stereocenters. The fourth-order valence-electron chi connectivity index (χ4n) is 3.31. The Morgan fingerprint density at radius 3 is 2.54 bits per heavy atom. The zero-order valence-corrected chi connectivity index (χ0v) is 17.2. The third-order valence-corrected chi connectivity index (χ3v) is 4.99. The number of nitrogens with one attached hydrogen (secondary N) is 1. The number of benzene rings is 2. The van der Waals surface area contributed by atoms with Gasteiger partial charge in [-0.3, -0.25) is 0 Å². The van der Waals surface area contributed by atoms with Crippen LogP contribution >= 0.6 is 24.0 Å². The van der Waals surface area contributed by atoms with Crippen LogP contribution in [0.5, 0.6) is 11.5 Å². The minimum Gasteiger partial charge on any atom is -0.493 e. The van der Waals surface area contributed by atoms with Gasteiger partial charge in [-0.1, -0.05) is 22.8 Å². The van der Waals surface area contributed by atoms with Gasteiger partial charge in [0.05, 0.1) is 19.2 Å². The molecular formula is C20H21Cl2N3O3. The summed E-state index contributed by atoms with van der Waals surface area (Å²) in [6.07, 6.45) is 2.03. The molecule has 3 aromatic rings. The molecule has 0 fully saturated rings. The lowest BCUT2D eigenvalue weighted by Crippen LogP contribution is -2.16. The molecule has 0 atom stereocenters. The van der Waals surface area contributed by atoms with E-state index in [1.807, 2.05) is 6.07 Å². The van der Waals surface area contributed by atoms with Crippen molar-refractivity contribution in [3.63, 3.8) is 0 Å². The van der Waals surface area contributed by atoms with Gasteiger partial charge in [0.2, 0.25) is 5.82 Å². The maximum atomic E-state index is 6.28. The summed E-state index contributed by atoms with van der Waals surface area (Å²) in [5.74, 6) is 1.93. The number of fused-ring (bicyclic) bond motifs is 1. The van der Waals surface area contributed by atoms with Gasteiger partial charge in [0, 0.05) is 11.1 Å². The van der Waals surface area contributed by atoms with E-state index in [0.717, 1.165) is 31.5 Å². The highest BCUT2D eigenvalue weighted by atomic mass is 35.5. The minimum absolute atomic E-state index is 0. The van der Waals surface area contributed by atoms with Crippen LogP contribution in [0.4, 0.5) is 0 Å². The van der Waals surface area contributed by atoms with Crippen molar-refractivity contribution in [2.45, 2.75) is 12.8 Å². The van der Waals surface area contributed by atoms with Crippen LogP contribution in [0.3, 0.4) is 0 Å². The van der Waals surface area contributed by atoms with Gasteiger partial charge in [0.25, 0.3) is 5.89 Å². The number of methoxy groups -OCH3 is 2. The van der Waals surface area contributed by atoms with E-state index in [1.165, 1.54) is 11.1 Å². The van der Waals surface area contributed by atoms with Crippen LogP contribution in [0.15, 0.2) is 34.9 Å². The Balaban J connectivity index is 0.00000225. The highest BCUT2D eigenvalue weighted by Crippen LogP contribution is 2.39. The smallest absolute Gasteiger partial charge is 0.258 e. The summed E-state index contributed by atoms with van der Waals surface area (Å²) in [7, 11) is 3.11. The van der Waals surface area contributed by atoms with Crippen molar-refractivity contribution in [2.24, 2.45) is 0 Å². The lowest BCUT2D eigenvalue weighted by Gasteiger charge is -2.10. The summed E-state index contributed by atoms with van der Waals surface area (Å²) in [6, 6.07) is 9.83. The van der Waals surface area contributed by atoms with E-state index in [0.29, 0.717) is 33.8 Å². The molecule has 28 heavy (non-hydrogen) atoms. The molecule has 0 bridgehead atoms. The molecule has 2 aromatic carbocycles. The zero-order valence-electron chi connectivity index (χ0n) is 15.6. The summed E-state index contributed by atoms with van der Waals surface area (Å²) in [5.41, 5.74) is 4.31. The molecule has 1 aromatic heterocycles. The minimum atomic E-state index is 0. The number of hydrogen-bond donors (Lipinski definition) is 1. The second kappa shape index (κ2) is 8.82. The highest BCUT2D eigenvalue weighted by molar-refractivity contribution is 6.32. The van der Waals surface area contributed by atoms with Crippen molar-refractivity contribution in [3.05, 3.63) is 46.5 Å². The number of aromatic nitrogens is 2. The maximum Gasteiger partial charge on any atom is 0.258 e. The summed E-state index contributed by atoms with van der Waals surface area (Å²) in [5, 5.41) is 7.96. The second-order valence-corrected chi connectivity index (χ2v) is 6.76. The molecule has 8 heteroatoms. The van der Waals surface area contributed by atoms with Gasteiger partial charge in [0.1, 0.15) is 0 Å². The topological polar surface area (TPSA) is 69.4 Å². The summed E-state index contributed by atoms with van der Waals surface area (Å²) < 4.78 is 16.1. The Labute approximate surface area is 174 Å². The van der Waals surface area contributed by atoms with Crippen LogP contribution < -0.4 is 14.8 Å². The normalized spacial score (nSPS) is 13.2. The van der Waals surface area contributed by atoms with Gasteiger partial charge in [-0.25, -0.2) is 0 Å². The summed E-state index contributed by atoms with van der Waals surface area (Å²) >= 11 is 6.28. The van der Waals surface area contributed by atoms with Crippen LogP contribution in [0.25, 0.3) is 22.8 Å². The molecule has 0 aliphatic carbocycles. The summed E-state index contributed by atoms with van der Waals surface area (Å²) in [6.45, 7) is 1.99. The quantitative estimate of drug-likeness (QED) is 0.680. The van der Waals surface area contributed by atoms with Gasteiger partial charge >= 0.3 is 0 Å². The molecule has 6 nitrogen and oxygen atoms in total. The predicted molar refractivity (Wildman–Crippen MR) is 111 cm³/mol. The molecule has 0 saturated carbocycles. The number of nitrogens with zero attached hydrogens (tertiary/aromatic N) is 2. The van der Waals surface area contributed by atoms with Gasteiger partial charge in [-0.2, -0.15) is 4.98 Å². The third kappa shape index (κ3) is 3.94. The Hall–Kier alpha value is -2.28. The largest absolute Gasteiger partial charge is 0.493 e. The first-order valence-corrected chi connectivity index (χ1v) is 9.16. The predicted octanol–water partition coefficient (Wildman–Crippen LogP) is 4.18. The molecule has 1 aliphatic rings. The van der Waals surface area contributed by atoms with Crippen LogP contribution in [0.2, 0.25) is 5.02 Å². The first-order valence-electron chi connectivity index (χ1n) is 8.78. The van der Waals surface area contributed by atoms with Crippen LogP contribution in [-0.4, -0.2) is 37.4 Å². The van der Waals surface area contributed by atoms with E-state index in [9.17, 15) is 0 Å². The lowest BCUT2D eigenvalue weighted by molar-refractivity contribution is 0.355. The van der Waals surface area contributed by atoms with E-state index in [2.05, 4.69) is 27.6 Å². The average molecular weight is 422 g/mol. The fourth-order valence-corrected chi connectivity index (χ4v) is 3.60. The lowest BCUT2D eigenvalue weighted by atomic mass is 10.00. The molecular weight excluding hydrogens is 401 g/mol. The van der Waals surface area contributed by atoms with Crippen LogP contribution in [0, 0.1) is 0 Å². The third-order valence-electron chi connectivity index (χ3n) is 4.71. The number of rotatable bonds is 4. The SMILES string of the molecule is COc1cc(-c2noc(-c3ccc4c(c3)CCNCC4)n2)cc(Cl)c1OC.Cl. The van der Waals surface area contributed by atoms with Crippen molar-refractivity contribution in [2.75, 3.05) is 27.3 Å². The molecule has 0 spiro atoms. The molecule has 0 amide bonds. The number of halogens is 2. The maximum absolute atomic E-state index is 6.28. The first kappa shape index (κ1) is 20.5. The Morgan fingerprint density at radius 2 is 1.79 bits per heavy atom. The fraction of sp³-hybridized carbons (Fsp3) is 0.300. The van der Waals surface area contributed by atoms with Crippen molar-refractivity contribution in [1.82, 2.24) is 15.5 Å². The Bertz CT molecular complexity index is 975. The Kier molecular flexibility index (Phi) is 6.44. The van der Waals surface area contributed by atoms with Crippen LogP contribution in [0.1, 0.15) is 11.1 Å². The van der Waals surface area contributed by atoms with Crippen molar-refractivity contribution in [3.8, 4) is 34.3 Å². The standard InChI is InChI=1S/C20H20ClN3O3.ClH/c1-25-17-11-15(10-16(21)18(17)26-2)19-23-20(27-24-19)14-4-3-12-5-7-22-8-6-13(12)9-14;/h3-4,9-11,22H,5-8H2,1-2H3;1H. The molecule has 2 heterocycles. The van der Waals surface area contributed by atoms with Gasteiger partial charge < -0.3 is 19.3 Å². The van der Waals surface area contributed by atoms with Crippen LogP contribution in [-0.2, 0) is 12.8 Å². The van der Waals surface area contributed by atoms with E-state index in [4.69, 9.17) is 25.6 Å². The monoisotopic (exact) mass is 421 g/mol. The molecule has 1 N–H and O–H groups in total. The van der Waals surface area contributed by atoms with Crippen molar-refractivity contribution >= 4 is 24.0 Å². The van der Waals surface area contributed by atoms with E-state index < -0.39 is 0 Å². The average Bonchev–Trinajstić information content (AvgIpc) is 3.06. The highest BCUT2D eigenvalue weighted by Gasteiger charge is 2.17. The molecule has 0 radical (unpaired) electrons. The first-order chi connectivity index (χ1) is 13.2. The van der Waals surface area contributed by atoms with E-state index in [-0.39, 0.29) is 12.4 Å². The Morgan fingerprint density at radius 1 is 1.00 bits per heavy atom. The van der Waals surface area contributed by atoms with Gasteiger partial charge in [-0.05, 0) is 61.3 Å².